The number of aryl methyl sites for hydroxylation is 3. The fraction of sp³-hybridized carbons (Fsp3) is 0.227. The van der Waals surface area contributed by atoms with Crippen molar-refractivity contribution < 1.29 is 9.59 Å². The molecule has 0 aliphatic heterocycles. The summed E-state index contributed by atoms with van der Waals surface area (Å²) in [6.45, 7) is 6.27. The predicted octanol–water partition coefficient (Wildman–Crippen LogP) is 4.49. The second-order valence-corrected chi connectivity index (χ2v) is 7.58. The van der Waals surface area contributed by atoms with Crippen molar-refractivity contribution in [3.8, 4) is 11.3 Å². The predicted molar refractivity (Wildman–Crippen MR) is 114 cm³/mol. The van der Waals surface area contributed by atoms with Crippen LogP contribution in [-0.2, 0) is 4.79 Å². The number of hydrogen-bond acceptors (Lipinski definition) is 4. The van der Waals surface area contributed by atoms with E-state index in [0.717, 1.165) is 22.4 Å². The maximum Gasteiger partial charge on any atom is 0.251 e. The van der Waals surface area contributed by atoms with E-state index in [2.05, 4.69) is 41.6 Å². The van der Waals surface area contributed by atoms with Gasteiger partial charge >= 0.3 is 0 Å². The van der Waals surface area contributed by atoms with Crippen LogP contribution in [0.4, 0.5) is 5.13 Å². The van der Waals surface area contributed by atoms with Crippen LogP contribution in [-0.4, -0.2) is 23.3 Å². The van der Waals surface area contributed by atoms with Gasteiger partial charge in [0.25, 0.3) is 5.91 Å². The van der Waals surface area contributed by atoms with Crippen molar-refractivity contribution in [2.45, 2.75) is 27.2 Å². The molecule has 2 N–H and O–H groups in total. The number of carbonyl (C=O) groups excluding carboxylic acids is 2. The Hall–Kier alpha value is -2.99. The third kappa shape index (κ3) is 4.84. The minimum absolute atomic E-state index is 0.169. The van der Waals surface area contributed by atoms with Crippen LogP contribution >= 0.6 is 11.3 Å². The summed E-state index contributed by atoms with van der Waals surface area (Å²) in [5.41, 5.74) is 5.81. The first-order chi connectivity index (χ1) is 13.4. The van der Waals surface area contributed by atoms with Crippen LogP contribution in [0.5, 0.6) is 0 Å². The van der Waals surface area contributed by atoms with E-state index in [1.54, 1.807) is 6.07 Å². The van der Waals surface area contributed by atoms with E-state index >= 15 is 0 Å². The average molecular weight is 394 g/mol. The number of hydrogen-bond donors (Lipinski definition) is 2. The smallest absolute Gasteiger partial charge is 0.251 e. The lowest BCUT2D eigenvalue weighted by atomic mass is 10.0. The molecular formula is C22H23N3O2S. The Morgan fingerprint density at radius 3 is 2.57 bits per heavy atom. The fourth-order valence-corrected chi connectivity index (χ4v) is 3.68. The van der Waals surface area contributed by atoms with Crippen LogP contribution in [0.25, 0.3) is 11.3 Å². The van der Waals surface area contributed by atoms with Crippen molar-refractivity contribution in [2.75, 3.05) is 11.9 Å². The third-order valence-electron chi connectivity index (χ3n) is 4.44. The highest BCUT2D eigenvalue weighted by Crippen LogP contribution is 2.28. The minimum atomic E-state index is -0.174. The van der Waals surface area contributed by atoms with Crippen molar-refractivity contribution in [2.24, 2.45) is 0 Å². The monoisotopic (exact) mass is 393 g/mol. The molecule has 0 saturated carbocycles. The number of thiazole rings is 1. The molecule has 0 aliphatic carbocycles. The summed E-state index contributed by atoms with van der Waals surface area (Å²) in [5.74, 6) is -0.344. The topological polar surface area (TPSA) is 71.1 Å². The van der Waals surface area contributed by atoms with Gasteiger partial charge in [-0.3, -0.25) is 9.59 Å². The molecule has 28 heavy (non-hydrogen) atoms. The molecular weight excluding hydrogens is 370 g/mol. The summed E-state index contributed by atoms with van der Waals surface area (Å²) in [5, 5.41) is 8.09. The van der Waals surface area contributed by atoms with Crippen LogP contribution in [0.15, 0.2) is 47.8 Å². The maximum absolute atomic E-state index is 12.2. The molecule has 144 valence electrons. The molecule has 2 amide bonds. The molecule has 0 fully saturated rings. The Morgan fingerprint density at radius 1 is 1.04 bits per heavy atom. The van der Waals surface area contributed by atoms with Crippen molar-refractivity contribution in [1.82, 2.24) is 10.3 Å². The molecule has 0 saturated heterocycles. The molecule has 3 aromatic rings. The highest BCUT2D eigenvalue weighted by molar-refractivity contribution is 7.14. The van der Waals surface area contributed by atoms with Gasteiger partial charge in [-0.05, 0) is 38.0 Å². The molecule has 1 aromatic heterocycles. The number of nitrogens with zero attached hydrogens (tertiary/aromatic N) is 1. The lowest BCUT2D eigenvalue weighted by Gasteiger charge is -2.07. The molecule has 5 nitrogen and oxygen atoms in total. The first-order valence-corrected chi connectivity index (χ1v) is 9.99. The SMILES string of the molecule is Cc1ccc(-c2csc(NC(=O)CCNC(=O)c3ccccc3C)n2)c(C)c1. The van der Waals surface area contributed by atoms with Gasteiger partial charge in [-0.15, -0.1) is 11.3 Å². The zero-order valence-electron chi connectivity index (χ0n) is 16.2. The molecule has 0 unspecified atom stereocenters. The summed E-state index contributed by atoms with van der Waals surface area (Å²) < 4.78 is 0. The van der Waals surface area contributed by atoms with Crippen LogP contribution < -0.4 is 10.6 Å². The Kier molecular flexibility index (Phi) is 6.21. The molecule has 0 radical (unpaired) electrons. The maximum atomic E-state index is 12.2. The van der Waals surface area contributed by atoms with Gasteiger partial charge in [-0.1, -0.05) is 42.0 Å². The van der Waals surface area contributed by atoms with Crippen LogP contribution in [0.3, 0.4) is 0 Å². The molecule has 0 aliphatic rings. The van der Waals surface area contributed by atoms with E-state index in [9.17, 15) is 9.59 Å². The largest absolute Gasteiger partial charge is 0.352 e. The van der Waals surface area contributed by atoms with Crippen LogP contribution in [0, 0.1) is 20.8 Å². The number of rotatable bonds is 6. The molecule has 0 bridgehead atoms. The first kappa shape index (κ1) is 19.8. The lowest BCUT2D eigenvalue weighted by molar-refractivity contribution is -0.116. The van der Waals surface area contributed by atoms with Crippen molar-refractivity contribution >= 4 is 28.3 Å². The third-order valence-corrected chi connectivity index (χ3v) is 5.19. The van der Waals surface area contributed by atoms with Gasteiger partial charge in [-0.25, -0.2) is 4.98 Å². The number of aromatic nitrogens is 1. The van der Waals surface area contributed by atoms with E-state index < -0.39 is 0 Å². The quantitative estimate of drug-likeness (QED) is 0.648. The van der Waals surface area contributed by atoms with Crippen molar-refractivity contribution in [1.29, 1.82) is 0 Å². The Morgan fingerprint density at radius 2 is 1.82 bits per heavy atom. The summed E-state index contributed by atoms with van der Waals surface area (Å²) in [6.07, 6.45) is 0.191. The van der Waals surface area contributed by atoms with Crippen LogP contribution in [0.2, 0.25) is 0 Å². The molecule has 2 aromatic carbocycles. The van der Waals surface area contributed by atoms with Crippen molar-refractivity contribution in [3.63, 3.8) is 0 Å². The van der Waals surface area contributed by atoms with Crippen molar-refractivity contribution in [3.05, 3.63) is 70.1 Å². The van der Waals surface area contributed by atoms with Gasteiger partial charge in [0.05, 0.1) is 5.69 Å². The molecule has 0 atom stereocenters. The van der Waals surface area contributed by atoms with Gasteiger partial charge in [0.15, 0.2) is 5.13 Å². The second-order valence-electron chi connectivity index (χ2n) is 6.73. The summed E-state index contributed by atoms with van der Waals surface area (Å²) >= 11 is 1.39. The normalized spacial score (nSPS) is 10.5. The molecule has 6 heteroatoms. The summed E-state index contributed by atoms with van der Waals surface area (Å²) in [6, 6.07) is 13.6. The zero-order chi connectivity index (χ0) is 20.1. The average Bonchev–Trinajstić information content (AvgIpc) is 3.10. The van der Waals surface area contributed by atoms with Gasteiger partial charge in [0, 0.05) is 29.5 Å². The second kappa shape index (κ2) is 8.80. The van der Waals surface area contributed by atoms with E-state index in [-0.39, 0.29) is 24.8 Å². The number of anilines is 1. The van der Waals surface area contributed by atoms with Gasteiger partial charge < -0.3 is 10.6 Å². The van der Waals surface area contributed by atoms with E-state index in [1.165, 1.54) is 16.9 Å². The zero-order valence-corrected chi connectivity index (χ0v) is 17.0. The summed E-state index contributed by atoms with van der Waals surface area (Å²) in [7, 11) is 0. The van der Waals surface area contributed by atoms with Gasteiger partial charge in [-0.2, -0.15) is 0 Å². The van der Waals surface area contributed by atoms with E-state index in [4.69, 9.17) is 0 Å². The summed E-state index contributed by atoms with van der Waals surface area (Å²) in [4.78, 5) is 28.8. The Bertz CT molecular complexity index is 1010. The van der Waals surface area contributed by atoms with E-state index in [0.29, 0.717) is 10.7 Å². The number of amides is 2. The van der Waals surface area contributed by atoms with E-state index in [1.807, 2.05) is 36.6 Å². The first-order valence-electron chi connectivity index (χ1n) is 9.11. The Labute approximate surface area is 168 Å². The Balaban J connectivity index is 1.52. The lowest BCUT2D eigenvalue weighted by Crippen LogP contribution is -2.28. The molecule has 0 spiro atoms. The number of nitrogens with one attached hydrogen (secondary N) is 2. The van der Waals surface area contributed by atoms with Crippen LogP contribution in [0.1, 0.15) is 33.5 Å². The highest BCUT2D eigenvalue weighted by atomic mass is 32.1. The van der Waals surface area contributed by atoms with Gasteiger partial charge in [0.1, 0.15) is 0 Å². The van der Waals surface area contributed by atoms with Gasteiger partial charge in [0.2, 0.25) is 5.91 Å². The standard InChI is InChI=1S/C22H23N3O2S/c1-14-8-9-17(16(3)12-14)19-13-28-22(24-19)25-20(26)10-11-23-21(27)18-7-5-4-6-15(18)2/h4-9,12-13H,10-11H2,1-3H3,(H,23,27)(H,24,25,26). The highest BCUT2D eigenvalue weighted by Gasteiger charge is 2.11. The number of benzene rings is 2. The molecule has 3 rings (SSSR count). The minimum Gasteiger partial charge on any atom is -0.352 e. The fourth-order valence-electron chi connectivity index (χ4n) is 2.95. The molecule has 1 heterocycles. The number of carbonyl (C=O) groups is 2.